The Hall–Kier alpha value is -3.16. The van der Waals surface area contributed by atoms with Gasteiger partial charge in [0, 0.05) is 18.0 Å². The number of hydrogen-bond acceptors (Lipinski definition) is 6. The van der Waals surface area contributed by atoms with Gasteiger partial charge in [0.25, 0.3) is 5.56 Å². The van der Waals surface area contributed by atoms with Crippen molar-refractivity contribution in [1.82, 2.24) is 9.55 Å². The van der Waals surface area contributed by atoms with Crippen LogP contribution in [0, 0.1) is 13.8 Å². The van der Waals surface area contributed by atoms with Crippen molar-refractivity contribution in [3.05, 3.63) is 56.8 Å². The van der Waals surface area contributed by atoms with Gasteiger partial charge >= 0.3 is 11.9 Å². The first-order valence-electron chi connectivity index (χ1n) is 7.39. The Morgan fingerprint density at radius 1 is 1.08 bits per heavy atom. The maximum absolute atomic E-state index is 12.6. The number of Topliss-reactive ketones (excluding diaryl/α,β-unsaturated/α-hetero) is 1. The molecule has 0 atom stereocenters. The molecular formula is C17H18N2O6. The minimum absolute atomic E-state index is 0.157. The number of hydrogen-bond donors (Lipinski definition) is 1. The van der Waals surface area contributed by atoms with Crippen LogP contribution in [0.15, 0.2) is 23.1 Å². The summed E-state index contributed by atoms with van der Waals surface area (Å²) >= 11 is 0. The van der Waals surface area contributed by atoms with Crippen LogP contribution >= 0.6 is 0 Å². The number of H-pyrrole nitrogens is 1. The number of rotatable bonds is 5. The van der Waals surface area contributed by atoms with Crippen LogP contribution < -0.4 is 5.56 Å². The maximum Gasteiger partial charge on any atom is 0.339 e. The fraction of sp³-hybridized carbons (Fsp3) is 0.294. The number of aryl methyl sites for hydroxylation is 1. The quantitative estimate of drug-likeness (QED) is 0.645. The van der Waals surface area contributed by atoms with Crippen LogP contribution in [0.1, 0.15) is 42.5 Å². The van der Waals surface area contributed by atoms with Gasteiger partial charge in [-0.15, -0.1) is 0 Å². The summed E-state index contributed by atoms with van der Waals surface area (Å²) in [5.74, 6) is -1.56. The number of ketones is 1. The van der Waals surface area contributed by atoms with E-state index in [0.29, 0.717) is 16.8 Å². The maximum atomic E-state index is 12.6. The molecule has 0 saturated heterocycles. The molecule has 0 aliphatic rings. The molecule has 0 aromatic carbocycles. The van der Waals surface area contributed by atoms with Crippen LogP contribution in [0.5, 0.6) is 0 Å². The van der Waals surface area contributed by atoms with Crippen LogP contribution in [0.25, 0.3) is 0 Å². The number of carbonyl (C=O) groups is 3. The van der Waals surface area contributed by atoms with Crippen LogP contribution in [0.2, 0.25) is 0 Å². The molecule has 0 bridgehead atoms. The van der Waals surface area contributed by atoms with Crippen LogP contribution in [0.3, 0.4) is 0 Å². The Morgan fingerprint density at radius 3 is 2.32 bits per heavy atom. The molecule has 8 nitrogen and oxygen atoms in total. The molecule has 25 heavy (non-hydrogen) atoms. The lowest BCUT2D eigenvalue weighted by Gasteiger charge is -2.07. The molecule has 132 valence electrons. The van der Waals surface area contributed by atoms with E-state index in [1.807, 2.05) is 0 Å². The second kappa shape index (κ2) is 7.16. The third-order valence-corrected chi connectivity index (χ3v) is 3.82. The van der Waals surface area contributed by atoms with Gasteiger partial charge in [-0.05, 0) is 25.5 Å². The molecule has 8 heteroatoms. The molecule has 0 saturated carbocycles. The Bertz CT molecular complexity index is 906. The largest absolute Gasteiger partial charge is 0.465 e. The molecule has 1 N–H and O–H groups in total. The summed E-state index contributed by atoms with van der Waals surface area (Å²) < 4.78 is 10.4. The summed E-state index contributed by atoms with van der Waals surface area (Å²) in [6.07, 6.45) is 1.26. The molecule has 0 aliphatic heterocycles. The zero-order valence-corrected chi connectivity index (χ0v) is 14.3. The molecule has 2 aromatic heterocycles. The Balaban J connectivity index is 2.37. The highest BCUT2D eigenvalue weighted by atomic mass is 16.5. The van der Waals surface area contributed by atoms with E-state index >= 15 is 0 Å². The lowest BCUT2D eigenvalue weighted by Crippen LogP contribution is -2.25. The number of methoxy groups -OCH3 is 2. The molecule has 2 heterocycles. The summed E-state index contributed by atoms with van der Waals surface area (Å²) in [7, 11) is 2.48. The summed E-state index contributed by atoms with van der Waals surface area (Å²) in [4.78, 5) is 50.7. The van der Waals surface area contributed by atoms with Crippen molar-refractivity contribution in [3.8, 4) is 0 Å². The zero-order chi connectivity index (χ0) is 18.7. The number of aromatic amines is 1. The third-order valence-electron chi connectivity index (χ3n) is 3.82. The van der Waals surface area contributed by atoms with Gasteiger partial charge in [0.05, 0.1) is 37.6 Å². The highest BCUT2D eigenvalue weighted by Gasteiger charge is 2.22. The van der Waals surface area contributed by atoms with E-state index in [4.69, 9.17) is 4.74 Å². The van der Waals surface area contributed by atoms with E-state index in [9.17, 15) is 19.2 Å². The predicted molar refractivity (Wildman–Crippen MR) is 88.0 cm³/mol. The monoisotopic (exact) mass is 346 g/mol. The summed E-state index contributed by atoms with van der Waals surface area (Å²) in [5, 5.41) is 0. The SMILES string of the molecule is COC(=O)c1ccc(=O)n(CC(=O)c2[nH]c(C)c(C(=O)OC)c2C)c1. The first-order valence-corrected chi connectivity index (χ1v) is 7.39. The van der Waals surface area contributed by atoms with Gasteiger partial charge in [0.2, 0.25) is 0 Å². The molecule has 0 aliphatic carbocycles. The number of pyridine rings is 1. The van der Waals surface area contributed by atoms with Crippen LogP contribution in [-0.4, -0.2) is 41.5 Å². The molecule has 2 rings (SSSR count). The average Bonchev–Trinajstić information content (AvgIpc) is 2.90. The van der Waals surface area contributed by atoms with Crippen molar-refractivity contribution in [3.63, 3.8) is 0 Å². The van der Waals surface area contributed by atoms with E-state index in [2.05, 4.69) is 9.72 Å². The second-order valence-corrected chi connectivity index (χ2v) is 5.42. The van der Waals surface area contributed by atoms with Crippen molar-refractivity contribution in [1.29, 1.82) is 0 Å². The van der Waals surface area contributed by atoms with E-state index in [0.717, 1.165) is 4.57 Å². The summed E-state index contributed by atoms with van der Waals surface area (Å²) in [6.45, 7) is 2.99. The van der Waals surface area contributed by atoms with Crippen molar-refractivity contribution >= 4 is 17.7 Å². The average molecular weight is 346 g/mol. The van der Waals surface area contributed by atoms with E-state index in [1.165, 1.54) is 32.5 Å². The number of esters is 2. The van der Waals surface area contributed by atoms with Crippen LogP contribution in [-0.2, 0) is 16.0 Å². The number of nitrogens with one attached hydrogen (secondary N) is 1. The van der Waals surface area contributed by atoms with Gasteiger partial charge in [-0.3, -0.25) is 9.59 Å². The first-order chi connectivity index (χ1) is 11.8. The Labute approximate surface area is 143 Å². The molecule has 2 aromatic rings. The number of ether oxygens (including phenoxy) is 2. The molecule has 0 spiro atoms. The number of aromatic nitrogens is 2. The summed E-state index contributed by atoms with van der Waals surface area (Å²) in [6, 6.07) is 2.51. The van der Waals surface area contributed by atoms with Gasteiger partial charge in [-0.2, -0.15) is 0 Å². The Kier molecular flexibility index (Phi) is 5.21. The van der Waals surface area contributed by atoms with E-state index in [1.54, 1.807) is 13.8 Å². The standard InChI is InChI=1S/C17H18N2O6/c1-9-14(17(23)25-4)10(2)18-15(9)12(20)8-19-7-11(16(22)24-3)5-6-13(19)21/h5-7,18H,8H2,1-4H3. The van der Waals surface area contributed by atoms with Gasteiger partial charge < -0.3 is 19.0 Å². The Morgan fingerprint density at radius 2 is 1.72 bits per heavy atom. The molecular weight excluding hydrogens is 328 g/mol. The fourth-order valence-electron chi connectivity index (χ4n) is 2.56. The summed E-state index contributed by atoms with van der Waals surface area (Å²) in [5.41, 5.74) is 1.18. The fourth-order valence-corrected chi connectivity index (χ4v) is 2.56. The van der Waals surface area contributed by atoms with Gasteiger partial charge in [0.1, 0.15) is 0 Å². The predicted octanol–water partition coefficient (Wildman–Crippen LogP) is 1.25. The molecule has 0 unspecified atom stereocenters. The minimum atomic E-state index is -0.610. The molecule has 0 radical (unpaired) electrons. The number of nitrogens with zero attached hydrogens (tertiary/aromatic N) is 1. The zero-order valence-electron chi connectivity index (χ0n) is 14.3. The lowest BCUT2D eigenvalue weighted by molar-refractivity contribution is 0.0590. The van der Waals surface area contributed by atoms with E-state index in [-0.39, 0.29) is 17.8 Å². The van der Waals surface area contributed by atoms with Crippen molar-refractivity contribution in [2.75, 3.05) is 14.2 Å². The van der Waals surface area contributed by atoms with Gasteiger partial charge in [-0.25, -0.2) is 9.59 Å². The van der Waals surface area contributed by atoms with Gasteiger partial charge in [0.15, 0.2) is 5.78 Å². The molecule has 0 fully saturated rings. The second-order valence-electron chi connectivity index (χ2n) is 5.42. The smallest absolute Gasteiger partial charge is 0.339 e. The lowest BCUT2D eigenvalue weighted by atomic mass is 10.1. The minimum Gasteiger partial charge on any atom is -0.465 e. The van der Waals surface area contributed by atoms with Crippen LogP contribution in [0.4, 0.5) is 0 Å². The number of carbonyl (C=O) groups excluding carboxylic acids is 3. The van der Waals surface area contributed by atoms with Crippen molar-refractivity contribution in [2.24, 2.45) is 0 Å². The molecule has 0 amide bonds. The topological polar surface area (TPSA) is 107 Å². The van der Waals surface area contributed by atoms with Crippen molar-refractivity contribution in [2.45, 2.75) is 20.4 Å². The van der Waals surface area contributed by atoms with Gasteiger partial charge in [-0.1, -0.05) is 0 Å². The normalized spacial score (nSPS) is 10.4. The van der Waals surface area contributed by atoms with E-state index < -0.39 is 23.3 Å². The van der Waals surface area contributed by atoms with Crippen molar-refractivity contribution < 1.29 is 23.9 Å². The highest BCUT2D eigenvalue weighted by Crippen LogP contribution is 2.19. The third kappa shape index (κ3) is 3.52. The first kappa shape index (κ1) is 18.2. The highest BCUT2D eigenvalue weighted by molar-refractivity contribution is 6.01.